The van der Waals surface area contributed by atoms with E-state index in [1.807, 2.05) is 6.92 Å². The molecule has 1 aliphatic heterocycles. The summed E-state index contributed by atoms with van der Waals surface area (Å²) in [5.74, 6) is -0.712. The Morgan fingerprint density at radius 3 is 2.88 bits per heavy atom. The Morgan fingerprint density at radius 2 is 2.29 bits per heavy atom. The second kappa shape index (κ2) is 7.60. The second-order valence-corrected chi connectivity index (χ2v) is 5.66. The zero-order valence-corrected chi connectivity index (χ0v) is 13.7. The molecule has 1 aliphatic rings. The van der Waals surface area contributed by atoms with Crippen molar-refractivity contribution in [3.8, 4) is 6.07 Å². The fourth-order valence-electron chi connectivity index (χ4n) is 2.54. The largest absolute Gasteiger partial charge is 0.401 e. The number of hydrogen-bond donors (Lipinski definition) is 1. The first-order valence-electron chi connectivity index (χ1n) is 7.83. The smallest absolute Gasteiger partial charge is 0.253 e. The number of nitriles is 1. The van der Waals surface area contributed by atoms with Gasteiger partial charge in [0.15, 0.2) is 0 Å². The van der Waals surface area contributed by atoms with Crippen LogP contribution >= 0.6 is 0 Å². The zero-order chi connectivity index (χ0) is 17.7. The Morgan fingerprint density at radius 1 is 1.54 bits per heavy atom. The van der Waals surface area contributed by atoms with E-state index in [4.69, 9.17) is 11.0 Å². The summed E-state index contributed by atoms with van der Waals surface area (Å²) in [6.07, 6.45) is 5.52. The highest BCUT2D eigenvalue weighted by atomic mass is 19.1. The number of rotatable bonds is 4. The minimum Gasteiger partial charge on any atom is -0.401 e. The molecule has 4 nitrogen and oxygen atoms in total. The number of carbonyl (C=O) groups excluding carboxylic acids is 1. The summed E-state index contributed by atoms with van der Waals surface area (Å²) >= 11 is 0. The quantitative estimate of drug-likeness (QED) is 0.680. The first-order chi connectivity index (χ1) is 11.5. The maximum Gasteiger partial charge on any atom is 0.253 e. The highest BCUT2D eigenvalue weighted by Gasteiger charge is 2.18. The van der Waals surface area contributed by atoms with Crippen molar-refractivity contribution >= 4 is 11.5 Å². The molecular formula is C19H20FN3O. The molecule has 0 saturated heterocycles. The van der Waals surface area contributed by atoms with Crippen LogP contribution in [0, 0.1) is 17.1 Å². The van der Waals surface area contributed by atoms with Crippen LogP contribution in [0.3, 0.4) is 0 Å². The van der Waals surface area contributed by atoms with Crippen LogP contribution in [-0.4, -0.2) is 17.4 Å². The van der Waals surface area contributed by atoms with Gasteiger partial charge in [0.25, 0.3) is 5.91 Å². The first kappa shape index (κ1) is 17.5. The average molecular weight is 325 g/mol. The fourth-order valence-corrected chi connectivity index (χ4v) is 2.54. The van der Waals surface area contributed by atoms with Gasteiger partial charge in [0, 0.05) is 24.0 Å². The summed E-state index contributed by atoms with van der Waals surface area (Å²) in [6, 6.07) is 6.07. The lowest BCUT2D eigenvalue weighted by atomic mass is 10.0. The van der Waals surface area contributed by atoms with Gasteiger partial charge in [-0.3, -0.25) is 4.79 Å². The van der Waals surface area contributed by atoms with Crippen molar-refractivity contribution in [2.45, 2.75) is 26.2 Å². The molecule has 0 unspecified atom stereocenters. The van der Waals surface area contributed by atoms with Crippen LogP contribution in [0.15, 0.2) is 48.3 Å². The number of nitrogens with two attached hydrogens (primary N) is 1. The fraction of sp³-hybridized carbons (Fsp3) is 0.263. The Hall–Kier alpha value is -2.87. The van der Waals surface area contributed by atoms with Crippen LogP contribution in [0.5, 0.6) is 0 Å². The molecule has 5 heteroatoms. The van der Waals surface area contributed by atoms with Gasteiger partial charge < -0.3 is 10.6 Å². The summed E-state index contributed by atoms with van der Waals surface area (Å²) in [5, 5.41) is 8.78. The number of carbonyl (C=O) groups is 1. The SMILES string of the molecule is C=C(/C=C(\CC)C(=O)N1C=C(N)CCC1)c1ccc(C#N)c(F)c1. The molecule has 0 saturated carbocycles. The Labute approximate surface area is 141 Å². The lowest BCUT2D eigenvalue weighted by Crippen LogP contribution is -2.32. The van der Waals surface area contributed by atoms with E-state index >= 15 is 0 Å². The molecule has 0 fully saturated rings. The number of hydrogen-bond acceptors (Lipinski definition) is 3. The number of benzene rings is 1. The second-order valence-electron chi connectivity index (χ2n) is 5.66. The molecule has 1 aromatic carbocycles. The summed E-state index contributed by atoms with van der Waals surface area (Å²) in [4.78, 5) is 14.2. The normalized spacial score (nSPS) is 14.8. The van der Waals surface area contributed by atoms with Crippen molar-refractivity contribution < 1.29 is 9.18 Å². The van der Waals surface area contributed by atoms with Gasteiger partial charge in [-0.25, -0.2) is 4.39 Å². The van der Waals surface area contributed by atoms with Crippen LogP contribution in [0.2, 0.25) is 0 Å². The highest BCUT2D eigenvalue weighted by molar-refractivity contribution is 5.97. The van der Waals surface area contributed by atoms with Gasteiger partial charge in [-0.15, -0.1) is 0 Å². The number of allylic oxidation sites excluding steroid dienone is 3. The summed E-state index contributed by atoms with van der Waals surface area (Å²) < 4.78 is 13.7. The first-order valence-corrected chi connectivity index (χ1v) is 7.83. The van der Waals surface area contributed by atoms with E-state index in [-0.39, 0.29) is 11.5 Å². The Balaban J connectivity index is 2.25. The van der Waals surface area contributed by atoms with Crippen molar-refractivity contribution in [1.29, 1.82) is 5.26 Å². The van der Waals surface area contributed by atoms with E-state index in [1.165, 1.54) is 12.1 Å². The topological polar surface area (TPSA) is 70.1 Å². The predicted molar refractivity (Wildman–Crippen MR) is 91.7 cm³/mol. The maximum atomic E-state index is 13.7. The summed E-state index contributed by atoms with van der Waals surface area (Å²) in [7, 11) is 0. The molecule has 0 bridgehead atoms. The number of amides is 1. The van der Waals surface area contributed by atoms with Crippen LogP contribution in [0.1, 0.15) is 37.3 Å². The highest BCUT2D eigenvalue weighted by Crippen LogP contribution is 2.22. The molecule has 1 heterocycles. The van der Waals surface area contributed by atoms with Crippen molar-refractivity contribution in [3.63, 3.8) is 0 Å². The standard InChI is InChI=1S/C19H20FN3O/c1-3-14(19(24)23-8-4-5-17(22)12-23)9-13(2)15-6-7-16(11-21)18(20)10-15/h6-7,9-10,12H,2-5,8,22H2,1H3/b14-9+. The van der Waals surface area contributed by atoms with E-state index in [0.717, 1.165) is 12.8 Å². The molecule has 0 spiro atoms. The van der Waals surface area contributed by atoms with Crippen molar-refractivity contribution in [1.82, 2.24) is 4.90 Å². The third-order valence-electron chi connectivity index (χ3n) is 3.91. The maximum absolute atomic E-state index is 13.7. The molecular weight excluding hydrogens is 305 g/mol. The number of halogens is 1. The molecule has 2 rings (SSSR count). The molecule has 24 heavy (non-hydrogen) atoms. The molecule has 2 N–H and O–H groups in total. The molecule has 124 valence electrons. The van der Waals surface area contributed by atoms with Crippen LogP contribution < -0.4 is 5.73 Å². The average Bonchev–Trinajstić information content (AvgIpc) is 2.58. The molecule has 0 aromatic heterocycles. The van der Waals surface area contributed by atoms with Crippen molar-refractivity contribution in [2.24, 2.45) is 5.73 Å². The Kier molecular flexibility index (Phi) is 5.54. The van der Waals surface area contributed by atoms with Crippen molar-refractivity contribution in [2.75, 3.05) is 6.54 Å². The predicted octanol–water partition coefficient (Wildman–Crippen LogP) is 3.47. The van der Waals surface area contributed by atoms with Gasteiger partial charge in [-0.2, -0.15) is 5.26 Å². The third-order valence-corrected chi connectivity index (χ3v) is 3.91. The number of nitrogens with zero attached hydrogens (tertiary/aromatic N) is 2. The van der Waals surface area contributed by atoms with E-state index < -0.39 is 5.82 Å². The third kappa shape index (κ3) is 3.90. The van der Waals surface area contributed by atoms with Gasteiger partial charge in [0.05, 0.1) is 5.56 Å². The molecule has 1 aromatic rings. The lowest BCUT2D eigenvalue weighted by molar-refractivity contribution is -0.125. The van der Waals surface area contributed by atoms with Crippen LogP contribution in [0.25, 0.3) is 5.57 Å². The van der Waals surface area contributed by atoms with Gasteiger partial charge >= 0.3 is 0 Å². The molecule has 0 aliphatic carbocycles. The summed E-state index contributed by atoms with van der Waals surface area (Å²) in [6.45, 7) is 6.43. The minimum absolute atomic E-state index is 0.0174. The summed E-state index contributed by atoms with van der Waals surface area (Å²) in [5.41, 5.74) is 8.12. The molecule has 1 amide bonds. The van der Waals surface area contributed by atoms with Gasteiger partial charge in [-0.05, 0) is 48.6 Å². The van der Waals surface area contributed by atoms with Crippen molar-refractivity contribution in [3.05, 3.63) is 65.3 Å². The van der Waals surface area contributed by atoms with Crippen LogP contribution in [0.4, 0.5) is 4.39 Å². The molecule has 0 radical (unpaired) electrons. The molecule has 0 atom stereocenters. The van der Waals surface area contributed by atoms with Gasteiger partial charge in [0.2, 0.25) is 0 Å². The lowest BCUT2D eigenvalue weighted by Gasteiger charge is -2.24. The van der Waals surface area contributed by atoms with E-state index in [1.54, 1.807) is 29.3 Å². The monoisotopic (exact) mass is 325 g/mol. The minimum atomic E-state index is -0.597. The van der Waals surface area contributed by atoms with E-state index in [2.05, 4.69) is 6.58 Å². The Bertz CT molecular complexity index is 771. The van der Waals surface area contributed by atoms with Gasteiger partial charge in [0.1, 0.15) is 11.9 Å². The van der Waals surface area contributed by atoms with Gasteiger partial charge in [-0.1, -0.05) is 19.6 Å². The van der Waals surface area contributed by atoms with E-state index in [9.17, 15) is 9.18 Å². The van der Waals surface area contributed by atoms with E-state index in [0.29, 0.717) is 35.4 Å². The van der Waals surface area contributed by atoms with Crippen LogP contribution in [-0.2, 0) is 4.79 Å². The zero-order valence-electron chi connectivity index (χ0n) is 13.7.